The van der Waals surface area contributed by atoms with Gasteiger partial charge in [0.15, 0.2) is 11.0 Å². The molecule has 0 radical (unpaired) electrons. The van der Waals surface area contributed by atoms with Gasteiger partial charge in [0.2, 0.25) is 10.9 Å². The number of carbonyl (C=O) groups excluding carboxylic acids is 2. The topological polar surface area (TPSA) is 96.6 Å². The molecule has 0 saturated carbocycles. The van der Waals surface area contributed by atoms with Gasteiger partial charge >= 0.3 is 0 Å². The summed E-state index contributed by atoms with van der Waals surface area (Å²) in [5, 5.41) is 8.79. The fraction of sp³-hybridized carbons (Fsp3) is 0.125. The average Bonchev–Trinajstić information content (AvgIpc) is 3.43. The Hall–Kier alpha value is -4.18. The summed E-state index contributed by atoms with van der Waals surface area (Å²) in [5.74, 6) is -2.14. The number of halogens is 1. The lowest BCUT2D eigenvalue weighted by atomic mass is 9.84. The van der Waals surface area contributed by atoms with E-state index in [9.17, 15) is 18.8 Å². The van der Waals surface area contributed by atoms with Crippen LogP contribution >= 0.6 is 11.3 Å². The molecule has 10 heteroatoms. The molecule has 0 bridgehead atoms. The third-order valence-electron chi connectivity index (χ3n) is 6.10. The molecule has 2 aromatic heterocycles. The average molecular weight is 474 g/mol. The largest absolute Gasteiger partial charge is 0.450 e. The lowest BCUT2D eigenvalue weighted by molar-refractivity contribution is -0.121. The first-order valence-electron chi connectivity index (χ1n) is 10.3. The van der Waals surface area contributed by atoms with Crippen LogP contribution in [0.25, 0.3) is 11.0 Å². The molecule has 168 valence electrons. The van der Waals surface area contributed by atoms with Crippen molar-refractivity contribution < 1.29 is 18.4 Å². The van der Waals surface area contributed by atoms with Crippen molar-refractivity contribution in [2.24, 2.45) is 0 Å². The normalized spacial score (nSPS) is 18.8. The lowest BCUT2D eigenvalue weighted by Crippen LogP contribution is -2.53. The minimum absolute atomic E-state index is 0.0469. The number of benzene rings is 2. The number of hydrogen-bond donors (Lipinski definition) is 0. The first-order chi connectivity index (χ1) is 16.4. The molecule has 2 aliphatic heterocycles. The van der Waals surface area contributed by atoms with Crippen molar-refractivity contribution in [2.75, 3.05) is 16.3 Å². The summed E-state index contributed by atoms with van der Waals surface area (Å²) >= 11 is 1.11. The molecule has 1 spiro atoms. The summed E-state index contributed by atoms with van der Waals surface area (Å²) in [4.78, 5) is 44.5. The number of para-hydroxylation sites is 1. The molecule has 8 nitrogen and oxygen atoms in total. The predicted molar refractivity (Wildman–Crippen MR) is 124 cm³/mol. The first kappa shape index (κ1) is 20.4. The van der Waals surface area contributed by atoms with Crippen LogP contribution in [-0.4, -0.2) is 28.6 Å². The summed E-state index contributed by atoms with van der Waals surface area (Å²) in [6.07, 6.45) is 1.56. The zero-order valence-corrected chi connectivity index (χ0v) is 18.6. The third kappa shape index (κ3) is 2.37. The van der Waals surface area contributed by atoms with Crippen molar-refractivity contribution in [3.05, 3.63) is 93.1 Å². The van der Waals surface area contributed by atoms with E-state index in [2.05, 4.69) is 16.8 Å². The monoisotopic (exact) mass is 474 g/mol. The van der Waals surface area contributed by atoms with Crippen molar-refractivity contribution in [2.45, 2.75) is 12.5 Å². The van der Waals surface area contributed by atoms with E-state index in [4.69, 9.17) is 4.42 Å². The number of aryl methyl sites for hydroxylation is 1. The third-order valence-corrected chi connectivity index (χ3v) is 6.93. The Kier molecular flexibility index (Phi) is 4.15. The van der Waals surface area contributed by atoms with Gasteiger partial charge in [0.25, 0.3) is 11.8 Å². The Morgan fingerprint density at radius 1 is 1.18 bits per heavy atom. The zero-order valence-electron chi connectivity index (χ0n) is 17.7. The molecule has 0 saturated heterocycles. The van der Waals surface area contributed by atoms with E-state index < -0.39 is 28.6 Å². The standard InChI is InChI=1S/C24H15FN4O4S/c1-3-10-28-16-7-5-4-6-15(16)24(22(28)32)18-19(30)14-11-13(25)8-9-17(14)33-20(18)21(31)29(24)23-27-26-12(2)34-23/h3-9,11H,1,10H2,2H3. The summed E-state index contributed by atoms with van der Waals surface area (Å²) < 4.78 is 19.9. The van der Waals surface area contributed by atoms with Gasteiger partial charge in [-0.05, 0) is 31.2 Å². The molecule has 34 heavy (non-hydrogen) atoms. The maximum Gasteiger partial charge on any atom is 0.297 e. The Bertz CT molecular complexity index is 1630. The highest BCUT2D eigenvalue weighted by Crippen LogP contribution is 2.54. The summed E-state index contributed by atoms with van der Waals surface area (Å²) in [6, 6.07) is 10.4. The zero-order chi connectivity index (χ0) is 23.8. The number of aromatic nitrogens is 2. The van der Waals surface area contributed by atoms with E-state index >= 15 is 0 Å². The number of fused-ring (bicyclic) bond motifs is 5. The van der Waals surface area contributed by atoms with Crippen LogP contribution < -0.4 is 15.2 Å². The van der Waals surface area contributed by atoms with Gasteiger partial charge in [-0.25, -0.2) is 4.39 Å². The number of carbonyl (C=O) groups is 2. The van der Waals surface area contributed by atoms with Crippen LogP contribution in [0.1, 0.15) is 26.7 Å². The maximum atomic E-state index is 14.2. The van der Waals surface area contributed by atoms with Crippen molar-refractivity contribution in [1.29, 1.82) is 0 Å². The van der Waals surface area contributed by atoms with E-state index in [1.54, 1.807) is 37.3 Å². The molecule has 2 amide bonds. The first-order valence-corrected chi connectivity index (χ1v) is 11.1. The number of rotatable bonds is 3. The molecule has 2 aliphatic rings. The van der Waals surface area contributed by atoms with Gasteiger partial charge in [-0.1, -0.05) is 35.6 Å². The minimum atomic E-state index is -1.88. The van der Waals surface area contributed by atoms with Crippen molar-refractivity contribution in [1.82, 2.24) is 10.2 Å². The van der Waals surface area contributed by atoms with Crippen LogP contribution in [0.15, 0.2) is 64.3 Å². The molecular weight excluding hydrogens is 459 g/mol. The summed E-state index contributed by atoms with van der Waals surface area (Å²) in [7, 11) is 0. The smallest absolute Gasteiger partial charge is 0.297 e. The fourth-order valence-electron chi connectivity index (χ4n) is 4.82. The van der Waals surface area contributed by atoms with Crippen LogP contribution in [0.4, 0.5) is 15.2 Å². The summed E-state index contributed by atoms with van der Waals surface area (Å²) in [6.45, 7) is 5.61. The number of nitrogens with zero attached hydrogens (tertiary/aromatic N) is 4. The van der Waals surface area contributed by atoms with Crippen LogP contribution in [0.5, 0.6) is 0 Å². The Morgan fingerprint density at radius 3 is 2.71 bits per heavy atom. The van der Waals surface area contributed by atoms with Gasteiger partial charge in [-0.15, -0.1) is 16.8 Å². The summed E-state index contributed by atoms with van der Waals surface area (Å²) in [5.41, 5.74) is -1.70. The van der Waals surface area contributed by atoms with Crippen molar-refractivity contribution >= 4 is 44.9 Å². The van der Waals surface area contributed by atoms with Crippen LogP contribution in [0, 0.1) is 12.7 Å². The highest BCUT2D eigenvalue weighted by Gasteiger charge is 2.66. The Morgan fingerprint density at radius 2 is 1.97 bits per heavy atom. The molecule has 0 fully saturated rings. The fourth-order valence-corrected chi connectivity index (χ4v) is 5.56. The highest BCUT2D eigenvalue weighted by atomic mass is 32.1. The number of amides is 2. The van der Waals surface area contributed by atoms with E-state index in [-0.39, 0.29) is 34.0 Å². The van der Waals surface area contributed by atoms with Gasteiger partial charge in [-0.3, -0.25) is 19.3 Å². The SMILES string of the molecule is C=CCN1C(=O)C2(c3ccccc31)c1c(oc3ccc(F)cc3c1=O)C(=O)N2c1nnc(C)s1. The van der Waals surface area contributed by atoms with E-state index in [1.165, 1.54) is 15.9 Å². The van der Waals surface area contributed by atoms with Crippen LogP contribution in [-0.2, 0) is 10.3 Å². The molecule has 2 aromatic carbocycles. The molecule has 0 N–H and O–H groups in total. The van der Waals surface area contributed by atoms with E-state index in [1.807, 2.05) is 0 Å². The minimum Gasteiger partial charge on any atom is -0.450 e. The molecule has 4 aromatic rings. The van der Waals surface area contributed by atoms with Crippen LogP contribution in [0.2, 0.25) is 0 Å². The van der Waals surface area contributed by atoms with Gasteiger partial charge < -0.3 is 9.32 Å². The second kappa shape index (κ2) is 6.91. The Balaban J connectivity index is 1.79. The second-order valence-corrected chi connectivity index (χ2v) is 9.11. The second-order valence-electron chi connectivity index (χ2n) is 7.95. The molecule has 1 unspecified atom stereocenters. The molecule has 1 atom stereocenters. The molecular formula is C24H15FN4O4S. The van der Waals surface area contributed by atoms with E-state index in [0.717, 1.165) is 23.5 Å². The number of anilines is 2. The molecule has 4 heterocycles. The van der Waals surface area contributed by atoms with Gasteiger partial charge in [0.05, 0.1) is 16.6 Å². The Labute approximate surface area is 195 Å². The lowest BCUT2D eigenvalue weighted by Gasteiger charge is -2.31. The number of hydrogen-bond acceptors (Lipinski definition) is 7. The maximum absolute atomic E-state index is 14.2. The molecule has 6 rings (SSSR count). The van der Waals surface area contributed by atoms with E-state index in [0.29, 0.717) is 16.3 Å². The van der Waals surface area contributed by atoms with Crippen molar-refractivity contribution in [3.8, 4) is 0 Å². The predicted octanol–water partition coefficient (Wildman–Crippen LogP) is 3.53. The van der Waals surface area contributed by atoms with Gasteiger partial charge in [0, 0.05) is 12.1 Å². The quantitative estimate of drug-likeness (QED) is 0.422. The molecule has 0 aliphatic carbocycles. The van der Waals surface area contributed by atoms with Crippen LogP contribution in [0.3, 0.4) is 0 Å². The van der Waals surface area contributed by atoms with Crippen molar-refractivity contribution in [3.63, 3.8) is 0 Å². The highest BCUT2D eigenvalue weighted by molar-refractivity contribution is 7.15. The van der Waals surface area contributed by atoms with Gasteiger partial charge in [-0.2, -0.15) is 0 Å². The van der Waals surface area contributed by atoms with Gasteiger partial charge in [0.1, 0.15) is 16.4 Å².